The van der Waals surface area contributed by atoms with Crippen LogP contribution < -0.4 is 9.47 Å². The highest BCUT2D eigenvalue weighted by atomic mass is 35.5. The molecule has 110 valence electrons. The fraction of sp³-hybridized carbons (Fsp3) is 0.333. The maximum Gasteiger partial charge on any atom is 0.166 e. The van der Waals surface area contributed by atoms with E-state index >= 15 is 0 Å². The Labute approximate surface area is 133 Å². The van der Waals surface area contributed by atoms with Crippen molar-refractivity contribution in [2.24, 2.45) is 0 Å². The van der Waals surface area contributed by atoms with Gasteiger partial charge in [0.15, 0.2) is 5.82 Å². The van der Waals surface area contributed by atoms with Crippen molar-refractivity contribution < 1.29 is 9.47 Å². The van der Waals surface area contributed by atoms with Crippen molar-refractivity contribution in [3.8, 4) is 22.9 Å². The molecule has 1 aliphatic rings. The summed E-state index contributed by atoms with van der Waals surface area (Å²) in [6, 6.07) is 3.84. The molecule has 2 heterocycles. The molecule has 1 aromatic heterocycles. The Morgan fingerprint density at radius 1 is 1.24 bits per heavy atom. The predicted octanol–water partition coefficient (Wildman–Crippen LogP) is 4.09. The molecule has 1 unspecified atom stereocenters. The molecule has 21 heavy (non-hydrogen) atoms. The van der Waals surface area contributed by atoms with Crippen LogP contribution in [0.3, 0.4) is 0 Å². The van der Waals surface area contributed by atoms with Crippen LogP contribution in [0.25, 0.3) is 11.4 Å². The van der Waals surface area contributed by atoms with Gasteiger partial charge in [0, 0.05) is 17.5 Å². The molecule has 2 aromatic rings. The molecule has 1 aromatic carbocycles. The molecule has 0 radical (unpaired) electrons. The highest BCUT2D eigenvalue weighted by Gasteiger charge is 2.23. The van der Waals surface area contributed by atoms with E-state index in [1.54, 1.807) is 14.0 Å². The fourth-order valence-electron chi connectivity index (χ4n) is 2.37. The quantitative estimate of drug-likeness (QED) is 0.780. The van der Waals surface area contributed by atoms with Gasteiger partial charge in [-0.25, -0.2) is 9.97 Å². The van der Waals surface area contributed by atoms with Gasteiger partial charge in [-0.2, -0.15) is 0 Å². The van der Waals surface area contributed by atoms with Crippen LogP contribution in [-0.2, 0) is 6.42 Å². The minimum atomic E-state index is 0.158. The van der Waals surface area contributed by atoms with E-state index in [0.29, 0.717) is 33.0 Å². The molecule has 1 aliphatic heterocycles. The lowest BCUT2D eigenvalue weighted by atomic mass is 10.1. The van der Waals surface area contributed by atoms with Gasteiger partial charge in [-0.05, 0) is 26.0 Å². The summed E-state index contributed by atoms with van der Waals surface area (Å²) in [4.78, 5) is 8.58. The zero-order chi connectivity index (χ0) is 15.1. The Kier molecular flexibility index (Phi) is 3.68. The highest BCUT2D eigenvalue weighted by molar-refractivity contribution is 6.34. The number of halogens is 2. The van der Waals surface area contributed by atoms with Crippen molar-refractivity contribution in [2.45, 2.75) is 26.4 Å². The summed E-state index contributed by atoms with van der Waals surface area (Å²) in [5.41, 5.74) is 2.49. The summed E-state index contributed by atoms with van der Waals surface area (Å²) < 4.78 is 11.2. The van der Waals surface area contributed by atoms with Crippen LogP contribution in [0.5, 0.6) is 11.5 Å². The van der Waals surface area contributed by atoms with E-state index in [1.807, 2.05) is 19.1 Å². The summed E-state index contributed by atoms with van der Waals surface area (Å²) >= 11 is 12.2. The molecule has 0 saturated heterocycles. The van der Waals surface area contributed by atoms with Gasteiger partial charge in [0.05, 0.1) is 12.7 Å². The number of hydrogen-bond donors (Lipinski definition) is 0. The van der Waals surface area contributed by atoms with Gasteiger partial charge < -0.3 is 9.47 Å². The third-order valence-corrected chi connectivity index (χ3v) is 4.22. The lowest BCUT2D eigenvalue weighted by molar-refractivity contribution is 0.254. The van der Waals surface area contributed by atoms with Gasteiger partial charge in [-0.15, -0.1) is 0 Å². The largest absolute Gasteiger partial charge is 0.496 e. The standard InChI is InChI=1S/C15H14Cl2N2O2/c1-7-4-9-5-12(20-3)10(6-11(9)21-7)15-18-13(16)8(2)14(17)19-15/h5-7H,4H2,1-3H3. The Bertz CT molecular complexity index is 696. The van der Waals surface area contributed by atoms with E-state index in [1.165, 1.54) is 0 Å². The number of benzene rings is 1. The van der Waals surface area contributed by atoms with Crippen molar-refractivity contribution in [1.29, 1.82) is 0 Å². The van der Waals surface area contributed by atoms with Gasteiger partial charge in [-0.1, -0.05) is 23.2 Å². The molecule has 4 nitrogen and oxygen atoms in total. The molecule has 0 bridgehead atoms. The molecule has 0 fully saturated rings. The SMILES string of the molecule is COc1cc2c(cc1-c1nc(Cl)c(C)c(Cl)n1)OC(C)C2. The first-order valence-corrected chi connectivity index (χ1v) is 7.32. The topological polar surface area (TPSA) is 44.2 Å². The number of hydrogen-bond acceptors (Lipinski definition) is 4. The number of nitrogens with zero attached hydrogens (tertiary/aromatic N) is 2. The number of methoxy groups -OCH3 is 1. The van der Waals surface area contributed by atoms with Crippen LogP contribution in [0.15, 0.2) is 12.1 Å². The number of fused-ring (bicyclic) bond motifs is 1. The molecule has 0 spiro atoms. The maximum atomic E-state index is 6.10. The Morgan fingerprint density at radius 3 is 2.52 bits per heavy atom. The fourth-order valence-corrected chi connectivity index (χ4v) is 2.75. The third-order valence-electron chi connectivity index (χ3n) is 3.49. The minimum absolute atomic E-state index is 0.158. The second-order valence-corrected chi connectivity index (χ2v) is 5.76. The van der Waals surface area contributed by atoms with Crippen LogP contribution in [-0.4, -0.2) is 23.2 Å². The predicted molar refractivity (Wildman–Crippen MR) is 82.6 cm³/mol. The van der Waals surface area contributed by atoms with Crippen LogP contribution >= 0.6 is 23.2 Å². The molecule has 1 atom stereocenters. The van der Waals surface area contributed by atoms with Crippen LogP contribution in [0, 0.1) is 6.92 Å². The van der Waals surface area contributed by atoms with Crippen LogP contribution in [0.4, 0.5) is 0 Å². The molecular formula is C15H14Cl2N2O2. The maximum absolute atomic E-state index is 6.10. The minimum Gasteiger partial charge on any atom is -0.496 e. The first-order valence-electron chi connectivity index (χ1n) is 6.57. The second kappa shape index (κ2) is 5.35. The van der Waals surface area contributed by atoms with E-state index in [0.717, 1.165) is 17.7 Å². The van der Waals surface area contributed by atoms with Gasteiger partial charge in [0.1, 0.15) is 27.9 Å². The van der Waals surface area contributed by atoms with Crippen LogP contribution in [0.2, 0.25) is 10.3 Å². The van der Waals surface area contributed by atoms with E-state index in [4.69, 9.17) is 32.7 Å². The number of rotatable bonds is 2. The first kappa shape index (κ1) is 14.4. The third kappa shape index (κ3) is 2.54. The summed E-state index contributed by atoms with van der Waals surface area (Å²) in [5, 5.41) is 0.670. The van der Waals surface area contributed by atoms with E-state index in [-0.39, 0.29) is 6.10 Å². The van der Waals surface area contributed by atoms with Gasteiger partial charge in [0.2, 0.25) is 0 Å². The zero-order valence-electron chi connectivity index (χ0n) is 11.9. The Morgan fingerprint density at radius 2 is 1.90 bits per heavy atom. The monoisotopic (exact) mass is 324 g/mol. The molecule has 3 rings (SSSR count). The van der Waals surface area contributed by atoms with E-state index in [9.17, 15) is 0 Å². The first-order chi connectivity index (χ1) is 9.99. The molecule has 0 N–H and O–H groups in total. The number of ether oxygens (including phenoxy) is 2. The lowest BCUT2D eigenvalue weighted by Gasteiger charge is -2.11. The lowest BCUT2D eigenvalue weighted by Crippen LogP contribution is -2.05. The zero-order valence-corrected chi connectivity index (χ0v) is 13.4. The molecule has 0 saturated carbocycles. The van der Waals surface area contributed by atoms with E-state index < -0.39 is 0 Å². The van der Waals surface area contributed by atoms with Crippen molar-refractivity contribution in [2.75, 3.05) is 7.11 Å². The Balaban J connectivity index is 2.16. The summed E-state index contributed by atoms with van der Waals surface area (Å²) in [5.74, 6) is 1.94. The van der Waals surface area contributed by atoms with Gasteiger partial charge in [0.25, 0.3) is 0 Å². The summed E-state index contributed by atoms with van der Waals surface area (Å²) in [6.45, 7) is 3.81. The smallest absolute Gasteiger partial charge is 0.166 e. The molecule has 0 amide bonds. The Hall–Kier alpha value is -1.52. The molecular weight excluding hydrogens is 311 g/mol. The molecule has 6 heteroatoms. The van der Waals surface area contributed by atoms with E-state index in [2.05, 4.69) is 9.97 Å². The number of aromatic nitrogens is 2. The van der Waals surface area contributed by atoms with Crippen molar-refractivity contribution in [3.63, 3.8) is 0 Å². The van der Waals surface area contributed by atoms with Crippen molar-refractivity contribution in [3.05, 3.63) is 33.6 Å². The second-order valence-electron chi connectivity index (χ2n) is 5.05. The summed E-state index contributed by atoms with van der Waals surface area (Å²) in [6.07, 6.45) is 1.02. The van der Waals surface area contributed by atoms with Gasteiger partial charge >= 0.3 is 0 Å². The average molecular weight is 325 g/mol. The van der Waals surface area contributed by atoms with Gasteiger partial charge in [-0.3, -0.25) is 0 Å². The summed E-state index contributed by atoms with van der Waals surface area (Å²) in [7, 11) is 1.61. The average Bonchev–Trinajstić information content (AvgIpc) is 2.81. The normalized spacial score (nSPS) is 16.5. The molecule has 0 aliphatic carbocycles. The van der Waals surface area contributed by atoms with Crippen LogP contribution in [0.1, 0.15) is 18.1 Å². The van der Waals surface area contributed by atoms with Crippen molar-refractivity contribution >= 4 is 23.2 Å². The van der Waals surface area contributed by atoms with Crippen molar-refractivity contribution in [1.82, 2.24) is 9.97 Å². The highest BCUT2D eigenvalue weighted by Crippen LogP contribution is 2.39.